The summed E-state index contributed by atoms with van der Waals surface area (Å²) < 4.78 is 1.72. The normalized spacial score (nSPS) is 20.8. The number of hydrogen-bond donors (Lipinski definition) is 2. The summed E-state index contributed by atoms with van der Waals surface area (Å²) in [5.74, 6) is 0.641. The number of likely N-dealkylation sites (tertiary alicyclic amines) is 1. The Bertz CT molecular complexity index is 687. The van der Waals surface area contributed by atoms with Crippen LogP contribution in [0.4, 0.5) is 10.6 Å². The zero-order valence-corrected chi connectivity index (χ0v) is 13.9. The molecule has 0 aromatic carbocycles. The van der Waals surface area contributed by atoms with Crippen LogP contribution in [-0.4, -0.2) is 50.5 Å². The number of aliphatic hydroxyl groups is 1. The number of nitrogens with one attached hydrogen (secondary N) is 1. The van der Waals surface area contributed by atoms with Gasteiger partial charge in [-0.15, -0.1) is 0 Å². The zero-order valence-electron chi connectivity index (χ0n) is 13.9. The lowest BCUT2D eigenvalue weighted by Crippen LogP contribution is -2.48. The molecule has 128 valence electrons. The standard InChI is InChI=1S/C17H23N5O2/c1-17(13-23)7-4-10-21(12-17)16(24)20-15-6-9-19-22(15)11-14-5-2-3-8-18-14/h2-3,5-6,8-9,23H,4,7,10-13H2,1H3,(H,20,24). The van der Waals surface area contributed by atoms with Gasteiger partial charge >= 0.3 is 6.03 Å². The second kappa shape index (κ2) is 7.00. The summed E-state index contributed by atoms with van der Waals surface area (Å²) in [7, 11) is 0. The first-order valence-electron chi connectivity index (χ1n) is 8.18. The van der Waals surface area contributed by atoms with Crippen LogP contribution in [0.3, 0.4) is 0 Å². The van der Waals surface area contributed by atoms with E-state index in [1.807, 2.05) is 25.1 Å². The average molecular weight is 329 g/mol. The summed E-state index contributed by atoms with van der Waals surface area (Å²) in [5, 5.41) is 16.7. The Balaban J connectivity index is 1.66. The molecule has 0 radical (unpaired) electrons. The van der Waals surface area contributed by atoms with Crippen molar-refractivity contribution in [3.63, 3.8) is 0 Å². The van der Waals surface area contributed by atoms with Crippen LogP contribution in [0.25, 0.3) is 0 Å². The number of hydrogen-bond acceptors (Lipinski definition) is 4. The molecule has 1 aliphatic heterocycles. The molecule has 0 saturated carbocycles. The molecular formula is C17H23N5O2. The number of aromatic nitrogens is 3. The monoisotopic (exact) mass is 329 g/mol. The number of anilines is 1. The first-order chi connectivity index (χ1) is 11.6. The molecule has 2 amide bonds. The van der Waals surface area contributed by atoms with E-state index in [0.717, 1.165) is 18.5 Å². The van der Waals surface area contributed by atoms with Crippen LogP contribution in [0.15, 0.2) is 36.7 Å². The highest BCUT2D eigenvalue weighted by Crippen LogP contribution is 2.29. The fourth-order valence-electron chi connectivity index (χ4n) is 3.02. The molecule has 2 N–H and O–H groups in total. The van der Waals surface area contributed by atoms with Gasteiger partial charge in [-0.3, -0.25) is 10.3 Å². The lowest BCUT2D eigenvalue weighted by molar-refractivity contribution is 0.0648. The minimum absolute atomic E-state index is 0.0917. The van der Waals surface area contributed by atoms with Gasteiger partial charge < -0.3 is 10.0 Å². The number of piperidine rings is 1. The number of carbonyl (C=O) groups is 1. The van der Waals surface area contributed by atoms with E-state index < -0.39 is 0 Å². The fourth-order valence-corrected chi connectivity index (χ4v) is 3.02. The molecule has 3 heterocycles. The second-order valence-electron chi connectivity index (χ2n) is 6.62. The number of nitrogens with zero attached hydrogens (tertiary/aromatic N) is 4. The summed E-state index contributed by atoms with van der Waals surface area (Å²) in [6.45, 7) is 3.86. The van der Waals surface area contributed by atoms with Crippen LogP contribution in [-0.2, 0) is 6.54 Å². The second-order valence-corrected chi connectivity index (χ2v) is 6.62. The van der Waals surface area contributed by atoms with Crippen LogP contribution < -0.4 is 5.32 Å². The van der Waals surface area contributed by atoms with E-state index in [9.17, 15) is 9.90 Å². The molecule has 2 aromatic heterocycles. The Morgan fingerprint density at radius 3 is 3.00 bits per heavy atom. The molecule has 2 aromatic rings. The van der Waals surface area contributed by atoms with Crippen LogP contribution in [0, 0.1) is 5.41 Å². The summed E-state index contributed by atoms with van der Waals surface area (Å²) in [5.41, 5.74) is 0.659. The number of pyridine rings is 1. The Morgan fingerprint density at radius 2 is 2.25 bits per heavy atom. The Morgan fingerprint density at radius 1 is 1.38 bits per heavy atom. The van der Waals surface area contributed by atoms with E-state index in [-0.39, 0.29) is 18.1 Å². The number of aliphatic hydroxyl groups excluding tert-OH is 1. The summed E-state index contributed by atoms with van der Waals surface area (Å²) in [6, 6.07) is 7.33. The van der Waals surface area contributed by atoms with Gasteiger partial charge in [0.25, 0.3) is 0 Å². The van der Waals surface area contributed by atoms with Crippen molar-refractivity contribution in [3.8, 4) is 0 Å². The van der Waals surface area contributed by atoms with Crippen molar-refractivity contribution in [3.05, 3.63) is 42.4 Å². The van der Waals surface area contributed by atoms with Crippen LogP contribution in [0.1, 0.15) is 25.5 Å². The topological polar surface area (TPSA) is 83.3 Å². The van der Waals surface area contributed by atoms with Gasteiger partial charge in [-0.25, -0.2) is 9.48 Å². The molecule has 1 fully saturated rings. The highest BCUT2D eigenvalue weighted by Gasteiger charge is 2.32. The van der Waals surface area contributed by atoms with Crippen molar-refractivity contribution in [2.75, 3.05) is 25.0 Å². The van der Waals surface area contributed by atoms with Crippen LogP contribution in [0.2, 0.25) is 0 Å². The molecule has 1 unspecified atom stereocenters. The molecule has 1 saturated heterocycles. The number of rotatable bonds is 4. The predicted octanol–water partition coefficient (Wildman–Crippen LogP) is 1.95. The number of amides is 2. The molecule has 0 aliphatic carbocycles. The highest BCUT2D eigenvalue weighted by molar-refractivity contribution is 5.88. The molecule has 0 bridgehead atoms. The van der Waals surface area contributed by atoms with Gasteiger partial charge in [0, 0.05) is 30.8 Å². The van der Waals surface area contributed by atoms with Gasteiger partial charge in [0.2, 0.25) is 0 Å². The highest BCUT2D eigenvalue weighted by atomic mass is 16.3. The third kappa shape index (κ3) is 3.73. The van der Waals surface area contributed by atoms with Gasteiger partial charge in [0.15, 0.2) is 0 Å². The van der Waals surface area contributed by atoms with Gasteiger partial charge in [-0.05, 0) is 25.0 Å². The van der Waals surface area contributed by atoms with Gasteiger partial charge in [-0.2, -0.15) is 5.10 Å². The molecular weight excluding hydrogens is 306 g/mol. The third-order valence-electron chi connectivity index (χ3n) is 4.44. The Kier molecular flexibility index (Phi) is 4.80. The first kappa shape index (κ1) is 16.4. The lowest BCUT2D eigenvalue weighted by atomic mass is 9.83. The van der Waals surface area contributed by atoms with Crippen molar-refractivity contribution in [1.82, 2.24) is 19.7 Å². The van der Waals surface area contributed by atoms with Gasteiger partial charge in [0.05, 0.1) is 25.0 Å². The number of carbonyl (C=O) groups excluding carboxylic acids is 1. The average Bonchev–Trinajstić information content (AvgIpc) is 3.02. The minimum atomic E-state index is -0.218. The molecule has 1 aliphatic rings. The zero-order chi connectivity index (χ0) is 17.0. The van der Waals surface area contributed by atoms with Crippen LogP contribution >= 0.6 is 0 Å². The Hall–Kier alpha value is -2.41. The van der Waals surface area contributed by atoms with Gasteiger partial charge in [-0.1, -0.05) is 13.0 Å². The largest absolute Gasteiger partial charge is 0.396 e. The summed E-state index contributed by atoms with van der Waals surface area (Å²) >= 11 is 0. The maximum atomic E-state index is 12.6. The van der Waals surface area contributed by atoms with E-state index in [1.54, 1.807) is 28.0 Å². The lowest BCUT2D eigenvalue weighted by Gasteiger charge is -2.39. The number of urea groups is 1. The quantitative estimate of drug-likeness (QED) is 0.898. The smallest absolute Gasteiger partial charge is 0.323 e. The Labute approximate surface area is 141 Å². The molecule has 7 heteroatoms. The van der Waals surface area contributed by atoms with Crippen molar-refractivity contribution >= 4 is 11.8 Å². The predicted molar refractivity (Wildman–Crippen MR) is 90.6 cm³/mol. The SMILES string of the molecule is CC1(CO)CCCN(C(=O)Nc2ccnn2Cc2ccccn2)C1. The summed E-state index contributed by atoms with van der Waals surface area (Å²) in [4.78, 5) is 18.6. The molecule has 0 spiro atoms. The summed E-state index contributed by atoms with van der Waals surface area (Å²) in [6.07, 6.45) is 5.23. The van der Waals surface area contributed by atoms with E-state index in [0.29, 0.717) is 25.5 Å². The maximum absolute atomic E-state index is 12.6. The molecule has 3 rings (SSSR count). The van der Waals surface area contributed by atoms with Crippen molar-refractivity contribution < 1.29 is 9.90 Å². The maximum Gasteiger partial charge on any atom is 0.323 e. The van der Waals surface area contributed by atoms with Crippen molar-refractivity contribution in [1.29, 1.82) is 0 Å². The van der Waals surface area contributed by atoms with E-state index >= 15 is 0 Å². The van der Waals surface area contributed by atoms with Crippen molar-refractivity contribution in [2.45, 2.75) is 26.3 Å². The van der Waals surface area contributed by atoms with Crippen molar-refractivity contribution in [2.24, 2.45) is 5.41 Å². The van der Waals surface area contributed by atoms with E-state index in [2.05, 4.69) is 15.4 Å². The minimum Gasteiger partial charge on any atom is -0.396 e. The molecule has 1 atom stereocenters. The fraction of sp³-hybridized carbons (Fsp3) is 0.471. The van der Waals surface area contributed by atoms with Gasteiger partial charge in [0.1, 0.15) is 5.82 Å². The molecule has 24 heavy (non-hydrogen) atoms. The molecule has 7 nitrogen and oxygen atoms in total. The van der Waals surface area contributed by atoms with Crippen LogP contribution in [0.5, 0.6) is 0 Å². The van der Waals surface area contributed by atoms with E-state index in [1.165, 1.54) is 0 Å². The third-order valence-corrected chi connectivity index (χ3v) is 4.44. The first-order valence-corrected chi connectivity index (χ1v) is 8.18. The van der Waals surface area contributed by atoms with E-state index in [4.69, 9.17) is 0 Å².